The number of para-hydroxylation sites is 1. The van der Waals surface area contributed by atoms with Gasteiger partial charge in [-0.15, -0.1) is 0 Å². The Morgan fingerprint density at radius 1 is 1.04 bits per heavy atom. The topological polar surface area (TPSA) is 118 Å². The first-order valence-electron chi connectivity index (χ1n) is 14.7. The number of hydrogen-bond acceptors (Lipinski definition) is 8. The Bertz CT molecular complexity index is 2020. The lowest BCUT2D eigenvalue weighted by molar-refractivity contribution is -0.384. The van der Waals surface area contributed by atoms with Crippen LogP contribution in [0.15, 0.2) is 82.7 Å². The molecule has 4 aromatic carbocycles. The lowest BCUT2D eigenvalue weighted by Gasteiger charge is -2.18. The van der Waals surface area contributed by atoms with E-state index >= 15 is 0 Å². The zero-order chi connectivity index (χ0) is 33.0. The molecule has 1 aromatic heterocycles. The number of methoxy groups -OCH3 is 1. The van der Waals surface area contributed by atoms with Crippen molar-refractivity contribution in [2.45, 2.75) is 40.2 Å². The molecule has 0 amide bonds. The van der Waals surface area contributed by atoms with Gasteiger partial charge in [0.05, 0.1) is 35.8 Å². The second-order valence-electron chi connectivity index (χ2n) is 10.8. The molecule has 10 nitrogen and oxygen atoms in total. The van der Waals surface area contributed by atoms with E-state index in [1.807, 2.05) is 32.0 Å². The molecule has 236 valence electrons. The summed E-state index contributed by atoms with van der Waals surface area (Å²) in [4.78, 5) is 29.7. The molecule has 0 atom stereocenters. The van der Waals surface area contributed by atoms with Crippen LogP contribution in [0.2, 0.25) is 5.02 Å². The van der Waals surface area contributed by atoms with Gasteiger partial charge in [-0.1, -0.05) is 49.7 Å². The molecular formula is C35H33ClN4O6. The quantitative estimate of drug-likeness (QED) is 0.0817. The van der Waals surface area contributed by atoms with E-state index in [0.29, 0.717) is 51.0 Å². The van der Waals surface area contributed by atoms with Crippen LogP contribution in [0, 0.1) is 17.0 Å². The molecule has 0 aliphatic rings. The summed E-state index contributed by atoms with van der Waals surface area (Å²) in [5.74, 6) is 1.91. The maximum Gasteiger partial charge on any atom is 0.282 e. The minimum absolute atomic E-state index is 0.00654. The number of nitro groups is 1. The lowest BCUT2D eigenvalue weighted by Crippen LogP contribution is -2.21. The van der Waals surface area contributed by atoms with Gasteiger partial charge in [0.1, 0.15) is 12.4 Å². The predicted octanol–water partition coefficient (Wildman–Crippen LogP) is 7.93. The molecule has 0 radical (unpaired) electrons. The third-order valence-corrected chi connectivity index (χ3v) is 7.58. The summed E-state index contributed by atoms with van der Waals surface area (Å²) in [5, 5.41) is 16.7. The van der Waals surface area contributed by atoms with Crippen molar-refractivity contribution in [2.75, 3.05) is 13.7 Å². The third kappa shape index (κ3) is 6.72. The molecule has 0 saturated carbocycles. The first-order chi connectivity index (χ1) is 22.1. The Labute approximate surface area is 271 Å². The largest absolute Gasteiger partial charge is 0.494 e. The number of ether oxygens (including phenoxy) is 3. The van der Waals surface area contributed by atoms with E-state index in [9.17, 15) is 14.9 Å². The van der Waals surface area contributed by atoms with Gasteiger partial charge in [-0.05, 0) is 66.8 Å². The normalized spacial score (nSPS) is 11.4. The fraction of sp³-hybridized carbons (Fsp3) is 0.229. The summed E-state index contributed by atoms with van der Waals surface area (Å²) >= 11 is 6.44. The second kappa shape index (κ2) is 13.8. The number of nitrogens with zero attached hydrogens (tertiary/aromatic N) is 4. The Kier molecular flexibility index (Phi) is 9.67. The summed E-state index contributed by atoms with van der Waals surface area (Å²) in [6, 6.07) is 20.5. The van der Waals surface area contributed by atoms with Gasteiger partial charge in [0.2, 0.25) is 0 Å². The van der Waals surface area contributed by atoms with Crippen LogP contribution in [0.25, 0.3) is 22.3 Å². The summed E-state index contributed by atoms with van der Waals surface area (Å²) in [6.07, 6.45) is 1.46. The molecule has 0 N–H and O–H groups in total. The molecule has 0 unspecified atom stereocenters. The second-order valence-corrected chi connectivity index (χ2v) is 11.3. The highest BCUT2D eigenvalue weighted by molar-refractivity contribution is 6.31. The minimum atomic E-state index is -0.465. The van der Waals surface area contributed by atoms with Gasteiger partial charge >= 0.3 is 0 Å². The molecule has 0 spiro atoms. The number of aromatic nitrogens is 2. The molecule has 1 heterocycles. The van der Waals surface area contributed by atoms with Crippen molar-refractivity contribution < 1.29 is 19.1 Å². The van der Waals surface area contributed by atoms with Gasteiger partial charge in [-0.25, -0.2) is 4.98 Å². The van der Waals surface area contributed by atoms with Gasteiger partial charge in [-0.3, -0.25) is 14.9 Å². The van der Waals surface area contributed by atoms with Gasteiger partial charge in [-0.2, -0.15) is 9.78 Å². The Morgan fingerprint density at radius 3 is 2.54 bits per heavy atom. The number of rotatable bonds is 11. The monoisotopic (exact) mass is 640 g/mol. The highest BCUT2D eigenvalue weighted by Gasteiger charge is 2.19. The van der Waals surface area contributed by atoms with E-state index in [1.165, 1.54) is 30.1 Å². The van der Waals surface area contributed by atoms with E-state index in [0.717, 1.165) is 22.4 Å². The molecule has 5 rings (SSSR count). The first-order valence-corrected chi connectivity index (χ1v) is 15.1. The van der Waals surface area contributed by atoms with Crippen LogP contribution in [0.4, 0.5) is 5.69 Å². The van der Waals surface area contributed by atoms with Crippen molar-refractivity contribution in [2.24, 2.45) is 5.10 Å². The van der Waals surface area contributed by atoms with E-state index < -0.39 is 4.92 Å². The molecular weight excluding hydrogens is 608 g/mol. The van der Waals surface area contributed by atoms with E-state index in [-0.39, 0.29) is 23.8 Å². The maximum absolute atomic E-state index is 14.0. The molecule has 0 saturated heterocycles. The Balaban J connectivity index is 1.65. The number of halogens is 1. The fourth-order valence-electron chi connectivity index (χ4n) is 5.10. The third-order valence-electron chi connectivity index (χ3n) is 7.36. The number of aryl methyl sites for hydroxylation is 1. The molecule has 0 aliphatic carbocycles. The molecule has 0 fully saturated rings. The molecule has 0 bridgehead atoms. The zero-order valence-corrected chi connectivity index (χ0v) is 26.9. The van der Waals surface area contributed by atoms with Crippen molar-refractivity contribution in [3.05, 3.63) is 121 Å². The van der Waals surface area contributed by atoms with E-state index in [4.69, 9.17) is 30.8 Å². The van der Waals surface area contributed by atoms with Crippen LogP contribution in [-0.4, -0.2) is 34.5 Å². The van der Waals surface area contributed by atoms with Crippen molar-refractivity contribution in [1.29, 1.82) is 0 Å². The lowest BCUT2D eigenvalue weighted by atomic mass is 9.96. The number of nitro benzene ring substituents is 1. The average Bonchev–Trinajstić information content (AvgIpc) is 3.03. The number of benzene rings is 4. The Hall–Kier alpha value is -5.22. The van der Waals surface area contributed by atoms with Crippen LogP contribution in [-0.2, 0) is 6.61 Å². The average molecular weight is 641 g/mol. The zero-order valence-electron chi connectivity index (χ0n) is 26.1. The number of fused-ring (bicyclic) bond motifs is 1. The van der Waals surface area contributed by atoms with Crippen molar-refractivity contribution in [1.82, 2.24) is 9.66 Å². The van der Waals surface area contributed by atoms with Gasteiger partial charge < -0.3 is 14.2 Å². The molecule has 5 aromatic rings. The highest BCUT2D eigenvalue weighted by atomic mass is 35.5. The van der Waals surface area contributed by atoms with Crippen LogP contribution >= 0.6 is 11.6 Å². The van der Waals surface area contributed by atoms with Gasteiger partial charge in [0.25, 0.3) is 11.2 Å². The van der Waals surface area contributed by atoms with Gasteiger partial charge in [0.15, 0.2) is 17.3 Å². The standard InChI is InChI=1S/C35H33ClN4O6/c1-6-45-31-14-22(4)29(18-28(31)21(2)3)34-38-30-13-8-7-12-27(30)35(41)39(34)37-19-24-16-25(36)17-32(44-5)33(24)46-20-23-10-9-11-26(15-23)40(42)43/h7-19,21H,6,20H2,1-5H3. The van der Waals surface area contributed by atoms with Crippen molar-refractivity contribution in [3.8, 4) is 28.6 Å². The first kappa shape index (κ1) is 32.2. The summed E-state index contributed by atoms with van der Waals surface area (Å²) in [6.45, 7) is 8.58. The van der Waals surface area contributed by atoms with E-state index in [1.54, 1.807) is 42.5 Å². The molecule has 11 heteroatoms. The summed E-state index contributed by atoms with van der Waals surface area (Å²) in [5.41, 5.74) is 3.72. The minimum Gasteiger partial charge on any atom is -0.494 e. The van der Waals surface area contributed by atoms with Gasteiger partial charge in [0, 0.05) is 34.3 Å². The molecule has 0 aliphatic heterocycles. The molecule has 46 heavy (non-hydrogen) atoms. The summed E-state index contributed by atoms with van der Waals surface area (Å²) in [7, 11) is 1.48. The maximum atomic E-state index is 14.0. The van der Waals surface area contributed by atoms with Crippen LogP contribution in [0.1, 0.15) is 48.9 Å². The Morgan fingerprint density at radius 2 is 1.83 bits per heavy atom. The van der Waals surface area contributed by atoms with E-state index in [2.05, 4.69) is 18.9 Å². The van der Waals surface area contributed by atoms with Crippen LogP contribution < -0.4 is 19.8 Å². The predicted molar refractivity (Wildman–Crippen MR) is 180 cm³/mol. The number of hydrogen-bond donors (Lipinski definition) is 0. The SMILES string of the molecule is CCOc1cc(C)c(-c2nc3ccccc3c(=O)n2N=Cc2cc(Cl)cc(OC)c2OCc2cccc([N+](=O)[O-])c2)cc1C(C)C. The number of non-ortho nitro benzene ring substituents is 1. The van der Waals surface area contributed by atoms with Crippen molar-refractivity contribution >= 4 is 34.4 Å². The van der Waals surface area contributed by atoms with Crippen molar-refractivity contribution in [3.63, 3.8) is 0 Å². The summed E-state index contributed by atoms with van der Waals surface area (Å²) < 4.78 is 18.9. The fourth-order valence-corrected chi connectivity index (χ4v) is 5.32. The van der Waals surface area contributed by atoms with Crippen LogP contribution in [0.5, 0.6) is 17.2 Å². The highest BCUT2D eigenvalue weighted by Crippen LogP contribution is 2.36. The smallest absolute Gasteiger partial charge is 0.282 e. The van der Waals surface area contributed by atoms with Crippen LogP contribution in [0.3, 0.4) is 0 Å².